The molecule has 0 saturated heterocycles. The number of nitrogens with two attached hydrogens (primary N) is 1. The second-order valence-corrected chi connectivity index (χ2v) is 5.44. The molecule has 0 spiro atoms. The zero-order chi connectivity index (χ0) is 20.0. The number of Topliss-reactive ketones (excluding diaryl/α,β-unsaturated/α-hetero) is 1. The zero-order valence-electron chi connectivity index (χ0n) is 17.6. The van der Waals surface area contributed by atoms with E-state index in [9.17, 15) is 4.79 Å². The van der Waals surface area contributed by atoms with Gasteiger partial charge >= 0.3 is 0 Å². The van der Waals surface area contributed by atoms with Gasteiger partial charge in [-0.2, -0.15) is 0 Å². The molecule has 0 heterocycles. The average molecular weight is 348 g/mol. The Morgan fingerprint density at radius 3 is 2.04 bits per heavy atom. The number of nitrogens with zero attached hydrogens (tertiary/aromatic N) is 1. The topological polar surface area (TPSA) is 67.5 Å². The van der Waals surface area contributed by atoms with E-state index in [0.717, 1.165) is 34.4 Å². The van der Waals surface area contributed by atoms with Crippen LogP contribution >= 0.6 is 0 Å². The maximum Gasteiger partial charge on any atom is 0.162 e. The van der Waals surface area contributed by atoms with Gasteiger partial charge < -0.3 is 11.1 Å². The lowest BCUT2D eigenvalue weighted by Gasteiger charge is -2.09. The molecule has 4 heteroatoms. The van der Waals surface area contributed by atoms with Gasteiger partial charge in [0.1, 0.15) is 5.84 Å². The normalized spacial score (nSPS) is 14.4. The van der Waals surface area contributed by atoms with E-state index < -0.39 is 0 Å². The van der Waals surface area contributed by atoms with Gasteiger partial charge in [0.15, 0.2) is 5.78 Å². The third-order valence-corrected chi connectivity index (χ3v) is 3.66. The molecule has 0 radical (unpaired) electrons. The fourth-order valence-corrected chi connectivity index (χ4v) is 2.00. The largest absolute Gasteiger partial charge is 0.394 e. The predicted octanol–water partition coefficient (Wildman–Crippen LogP) is 5.05. The number of ketones is 1. The monoisotopic (exact) mass is 347 g/mol. The molecule has 0 bridgehead atoms. The van der Waals surface area contributed by atoms with E-state index in [1.807, 2.05) is 67.7 Å². The first-order chi connectivity index (χ1) is 11.8. The number of hydrogen-bond acceptors (Lipinski definition) is 3. The summed E-state index contributed by atoms with van der Waals surface area (Å²) in [5.41, 5.74) is 10.5. The van der Waals surface area contributed by atoms with Crippen LogP contribution in [0.4, 0.5) is 0 Å². The summed E-state index contributed by atoms with van der Waals surface area (Å²) in [5, 5.41) is 2.94. The van der Waals surface area contributed by atoms with Crippen molar-refractivity contribution >= 4 is 11.6 Å². The van der Waals surface area contributed by atoms with Crippen LogP contribution in [0.2, 0.25) is 0 Å². The summed E-state index contributed by atoms with van der Waals surface area (Å²) in [6.45, 7) is 15.7. The smallest absolute Gasteiger partial charge is 0.162 e. The van der Waals surface area contributed by atoms with Crippen molar-refractivity contribution < 1.29 is 4.79 Å². The van der Waals surface area contributed by atoms with Gasteiger partial charge in [0.25, 0.3) is 0 Å². The Labute approximate surface area is 154 Å². The number of amidine groups is 1. The fourth-order valence-electron chi connectivity index (χ4n) is 2.00. The number of nitrogens with one attached hydrogen (secondary N) is 1. The molecule has 3 N–H and O–H groups in total. The summed E-state index contributed by atoms with van der Waals surface area (Å²) in [6.07, 6.45) is 6.98. The number of carbonyl (C=O) groups is 1. The second-order valence-electron chi connectivity index (χ2n) is 5.44. The van der Waals surface area contributed by atoms with Crippen LogP contribution in [-0.2, 0) is 4.79 Å². The summed E-state index contributed by atoms with van der Waals surface area (Å²) in [7, 11) is 1.82. The number of allylic oxidation sites excluding steroid dienone is 5. The van der Waals surface area contributed by atoms with Crippen molar-refractivity contribution in [3.05, 3.63) is 46.3 Å². The van der Waals surface area contributed by atoms with Crippen molar-refractivity contribution in [2.24, 2.45) is 10.7 Å². The van der Waals surface area contributed by atoms with E-state index >= 15 is 0 Å². The van der Waals surface area contributed by atoms with Crippen molar-refractivity contribution in [2.45, 2.75) is 68.2 Å². The quantitative estimate of drug-likeness (QED) is 0.279. The van der Waals surface area contributed by atoms with Crippen molar-refractivity contribution in [1.29, 1.82) is 0 Å². The molecule has 0 aliphatic heterocycles. The SMILES string of the molecule is C/C=C(/N=C(N)\C(C)=C/NC)C(\C)=C/C(C(=O)CC)=C(\C)CC.CC. The Kier molecular flexibility index (Phi) is 14.3. The Morgan fingerprint density at radius 2 is 1.64 bits per heavy atom. The van der Waals surface area contributed by atoms with Crippen LogP contribution < -0.4 is 11.1 Å². The van der Waals surface area contributed by atoms with E-state index in [1.165, 1.54) is 0 Å². The highest BCUT2D eigenvalue weighted by Gasteiger charge is 2.10. The first kappa shape index (κ1) is 25.1. The van der Waals surface area contributed by atoms with Crippen LogP contribution in [0.15, 0.2) is 51.3 Å². The summed E-state index contributed by atoms with van der Waals surface area (Å²) < 4.78 is 0. The minimum absolute atomic E-state index is 0.155. The van der Waals surface area contributed by atoms with Crippen LogP contribution in [0.5, 0.6) is 0 Å². The summed E-state index contributed by atoms with van der Waals surface area (Å²) in [6, 6.07) is 0. The molecule has 0 aliphatic carbocycles. The van der Waals surface area contributed by atoms with Gasteiger partial charge in [-0.25, -0.2) is 4.99 Å². The third kappa shape index (κ3) is 9.08. The Morgan fingerprint density at radius 1 is 1.08 bits per heavy atom. The molecule has 0 aromatic carbocycles. The summed E-state index contributed by atoms with van der Waals surface area (Å²) in [4.78, 5) is 16.7. The van der Waals surface area contributed by atoms with Gasteiger partial charge in [-0.15, -0.1) is 0 Å². The Balaban J connectivity index is 0. The lowest BCUT2D eigenvalue weighted by Crippen LogP contribution is -2.15. The molecular formula is C21H37N3O. The average Bonchev–Trinajstić information content (AvgIpc) is 2.64. The highest BCUT2D eigenvalue weighted by molar-refractivity contribution is 5.99. The van der Waals surface area contributed by atoms with E-state index in [2.05, 4.69) is 17.2 Å². The minimum atomic E-state index is 0.155. The van der Waals surface area contributed by atoms with E-state index in [1.54, 1.807) is 6.20 Å². The number of hydrogen-bond donors (Lipinski definition) is 2. The molecule has 0 aromatic heterocycles. The first-order valence-corrected chi connectivity index (χ1v) is 9.08. The lowest BCUT2D eigenvalue weighted by molar-refractivity contribution is -0.115. The standard InChI is InChI=1S/C19H31N3O.C2H6/c1-8-13(4)16(18(23)10-3)11-14(5)17(9-2)22-19(20)15(6)12-21-7;1-2/h9,11-12,21H,8,10H2,1-7H3,(H2,20,22);1-2H3/b14-11-,15-12-,16-13-,17-9+;. The van der Waals surface area contributed by atoms with Gasteiger partial charge in [0, 0.05) is 30.8 Å². The number of rotatable bonds is 8. The van der Waals surface area contributed by atoms with Gasteiger partial charge in [0.2, 0.25) is 0 Å². The summed E-state index contributed by atoms with van der Waals surface area (Å²) >= 11 is 0. The van der Waals surface area contributed by atoms with Crippen LogP contribution in [0.3, 0.4) is 0 Å². The molecule has 0 unspecified atom stereocenters. The van der Waals surface area contributed by atoms with Gasteiger partial charge in [-0.3, -0.25) is 4.79 Å². The number of carbonyl (C=O) groups excluding carboxylic acids is 1. The highest BCUT2D eigenvalue weighted by atomic mass is 16.1. The van der Waals surface area contributed by atoms with Crippen molar-refractivity contribution in [2.75, 3.05) is 7.05 Å². The fraction of sp³-hybridized carbons (Fsp3) is 0.524. The molecule has 0 atom stereocenters. The van der Waals surface area contributed by atoms with Crippen LogP contribution in [0, 0.1) is 0 Å². The molecular weight excluding hydrogens is 310 g/mol. The van der Waals surface area contributed by atoms with E-state index in [4.69, 9.17) is 5.73 Å². The molecule has 142 valence electrons. The van der Waals surface area contributed by atoms with Crippen LogP contribution in [0.1, 0.15) is 68.2 Å². The van der Waals surface area contributed by atoms with Crippen LogP contribution in [-0.4, -0.2) is 18.7 Å². The molecule has 4 nitrogen and oxygen atoms in total. The van der Waals surface area contributed by atoms with E-state index in [-0.39, 0.29) is 5.78 Å². The van der Waals surface area contributed by atoms with E-state index in [0.29, 0.717) is 12.3 Å². The Hall–Kier alpha value is -2.10. The molecule has 25 heavy (non-hydrogen) atoms. The number of aliphatic imine (C=N–C) groups is 1. The first-order valence-electron chi connectivity index (χ1n) is 9.08. The molecule has 0 rings (SSSR count). The van der Waals surface area contributed by atoms with Crippen molar-refractivity contribution in [1.82, 2.24) is 5.32 Å². The van der Waals surface area contributed by atoms with Crippen LogP contribution in [0.25, 0.3) is 0 Å². The minimum Gasteiger partial charge on any atom is -0.394 e. The molecule has 0 aliphatic rings. The molecule has 0 fully saturated rings. The predicted molar refractivity (Wildman–Crippen MR) is 112 cm³/mol. The third-order valence-electron chi connectivity index (χ3n) is 3.66. The van der Waals surface area contributed by atoms with Gasteiger partial charge in [0.05, 0.1) is 5.70 Å². The van der Waals surface area contributed by atoms with Crippen molar-refractivity contribution in [3.63, 3.8) is 0 Å². The lowest BCUT2D eigenvalue weighted by atomic mass is 9.98. The molecule has 0 saturated carbocycles. The van der Waals surface area contributed by atoms with Gasteiger partial charge in [-0.05, 0) is 45.8 Å². The molecule has 0 amide bonds. The zero-order valence-corrected chi connectivity index (χ0v) is 17.6. The maximum atomic E-state index is 12.2. The summed E-state index contributed by atoms with van der Waals surface area (Å²) in [5.74, 6) is 0.613. The van der Waals surface area contributed by atoms with Crippen molar-refractivity contribution in [3.8, 4) is 0 Å². The Bertz CT molecular complexity index is 576. The maximum absolute atomic E-state index is 12.2. The second kappa shape index (κ2) is 14.3. The highest BCUT2D eigenvalue weighted by Crippen LogP contribution is 2.19. The van der Waals surface area contributed by atoms with Gasteiger partial charge in [-0.1, -0.05) is 39.3 Å². The molecule has 0 aromatic rings.